The highest BCUT2D eigenvalue weighted by Gasteiger charge is 2.09. The van der Waals surface area contributed by atoms with E-state index >= 15 is 0 Å². The van der Waals surface area contributed by atoms with Gasteiger partial charge in [0.25, 0.3) is 0 Å². The van der Waals surface area contributed by atoms with Gasteiger partial charge >= 0.3 is 0 Å². The molecule has 0 aliphatic heterocycles. The van der Waals surface area contributed by atoms with Crippen molar-refractivity contribution in [3.05, 3.63) is 46.4 Å². The number of thiophene rings is 1. The van der Waals surface area contributed by atoms with Gasteiger partial charge in [0, 0.05) is 15.0 Å². The molecule has 0 amide bonds. The minimum atomic E-state index is 1.08. The third-order valence-corrected chi connectivity index (χ3v) is 3.90. The van der Waals surface area contributed by atoms with E-state index in [0.29, 0.717) is 0 Å². The average Bonchev–Trinajstić information content (AvgIpc) is 2.46. The molecule has 0 spiro atoms. The summed E-state index contributed by atoms with van der Waals surface area (Å²) in [7, 11) is 0. The number of benzene rings is 1. The first-order valence-corrected chi connectivity index (χ1v) is 6.01. The average molecular weight is 212 g/mol. The van der Waals surface area contributed by atoms with Crippen LogP contribution >= 0.6 is 11.3 Å². The van der Waals surface area contributed by atoms with Crippen LogP contribution in [-0.2, 0) is 0 Å². The SMILES string of the molecule is CC1=Cc2sc3ccccc3c2C=CC1. The number of fused-ring (bicyclic) bond motifs is 3. The van der Waals surface area contributed by atoms with Gasteiger partial charge in [0.15, 0.2) is 0 Å². The molecule has 1 aliphatic rings. The van der Waals surface area contributed by atoms with E-state index in [1.165, 1.54) is 26.1 Å². The molecule has 1 aliphatic carbocycles. The molecule has 0 radical (unpaired) electrons. The summed E-state index contributed by atoms with van der Waals surface area (Å²) in [4.78, 5) is 1.41. The smallest absolute Gasteiger partial charge is 0.0355 e. The number of allylic oxidation sites excluding steroid dienone is 2. The third kappa shape index (κ3) is 1.44. The van der Waals surface area contributed by atoms with Crippen LogP contribution in [-0.4, -0.2) is 0 Å². The molecule has 74 valence electrons. The molecule has 3 rings (SSSR count). The van der Waals surface area contributed by atoms with Crippen LogP contribution in [0.2, 0.25) is 0 Å². The molecule has 0 N–H and O–H groups in total. The first kappa shape index (κ1) is 8.93. The summed E-state index contributed by atoms with van der Waals surface area (Å²) in [5.41, 5.74) is 2.84. The van der Waals surface area contributed by atoms with E-state index in [1.807, 2.05) is 11.3 Å². The van der Waals surface area contributed by atoms with Crippen molar-refractivity contribution in [2.75, 3.05) is 0 Å². The summed E-state index contributed by atoms with van der Waals surface area (Å²) in [5, 5.41) is 1.39. The fourth-order valence-electron chi connectivity index (χ4n) is 2.01. The molecule has 0 atom stereocenters. The molecule has 1 heterocycles. The maximum Gasteiger partial charge on any atom is 0.0355 e. The zero-order chi connectivity index (χ0) is 10.3. The largest absolute Gasteiger partial charge is 0.135 e. The molecule has 1 aromatic carbocycles. The summed E-state index contributed by atoms with van der Waals surface area (Å²) in [6, 6.07) is 8.64. The normalized spacial score (nSPS) is 14.9. The van der Waals surface area contributed by atoms with Gasteiger partial charge in [0.05, 0.1) is 0 Å². The molecule has 1 aromatic heterocycles. The second kappa shape index (κ2) is 3.35. The monoisotopic (exact) mass is 212 g/mol. The van der Waals surface area contributed by atoms with E-state index in [0.717, 1.165) is 6.42 Å². The second-order valence-corrected chi connectivity index (χ2v) is 5.06. The quantitative estimate of drug-likeness (QED) is 0.592. The van der Waals surface area contributed by atoms with Crippen molar-refractivity contribution in [3.8, 4) is 0 Å². The van der Waals surface area contributed by atoms with Gasteiger partial charge in [0.2, 0.25) is 0 Å². The van der Waals surface area contributed by atoms with Crippen molar-refractivity contribution >= 4 is 33.6 Å². The molecule has 0 saturated heterocycles. The predicted octanol–water partition coefficient (Wildman–Crippen LogP) is 4.72. The summed E-state index contributed by atoms with van der Waals surface area (Å²) in [6.45, 7) is 2.20. The van der Waals surface area contributed by atoms with Gasteiger partial charge in [-0.15, -0.1) is 11.3 Å². The minimum absolute atomic E-state index is 1.08. The summed E-state index contributed by atoms with van der Waals surface area (Å²) >= 11 is 1.89. The number of rotatable bonds is 0. The summed E-state index contributed by atoms with van der Waals surface area (Å²) in [5.74, 6) is 0. The topological polar surface area (TPSA) is 0 Å². The fraction of sp³-hybridized carbons (Fsp3) is 0.143. The van der Waals surface area contributed by atoms with E-state index < -0.39 is 0 Å². The van der Waals surface area contributed by atoms with E-state index in [2.05, 4.69) is 49.4 Å². The Kier molecular flexibility index (Phi) is 2.00. The third-order valence-electron chi connectivity index (χ3n) is 2.76. The molecule has 1 heteroatoms. The Morgan fingerprint density at radius 1 is 1.20 bits per heavy atom. The van der Waals surface area contributed by atoms with Gasteiger partial charge in [-0.3, -0.25) is 0 Å². The number of hydrogen-bond donors (Lipinski definition) is 0. The van der Waals surface area contributed by atoms with Crippen LogP contribution < -0.4 is 0 Å². The molecule has 0 saturated carbocycles. The van der Waals surface area contributed by atoms with Crippen molar-refractivity contribution in [1.82, 2.24) is 0 Å². The molecule has 0 fully saturated rings. The van der Waals surface area contributed by atoms with Gasteiger partial charge in [-0.2, -0.15) is 0 Å². The van der Waals surface area contributed by atoms with Gasteiger partial charge < -0.3 is 0 Å². The van der Waals surface area contributed by atoms with Gasteiger partial charge in [-0.25, -0.2) is 0 Å². The van der Waals surface area contributed by atoms with E-state index in [4.69, 9.17) is 0 Å². The fourth-order valence-corrected chi connectivity index (χ4v) is 3.23. The molecule has 2 aromatic rings. The highest BCUT2D eigenvalue weighted by atomic mass is 32.1. The molecule has 0 bridgehead atoms. The van der Waals surface area contributed by atoms with Crippen molar-refractivity contribution < 1.29 is 0 Å². The van der Waals surface area contributed by atoms with Crippen LogP contribution in [0.15, 0.2) is 35.9 Å². The van der Waals surface area contributed by atoms with Gasteiger partial charge in [0.1, 0.15) is 0 Å². The van der Waals surface area contributed by atoms with Crippen LogP contribution in [0.4, 0.5) is 0 Å². The Labute approximate surface area is 93.6 Å². The molecule has 15 heavy (non-hydrogen) atoms. The van der Waals surface area contributed by atoms with Crippen LogP contribution in [0.3, 0.4) is 0 Å². The first-order chi connectivity index (χ1) is 7.34. The van der Waals surface area contributed by atoms with Crippen LogP contribution in [0.1, 0.15) is 23.8 Å². The summed E-state index contributed by atoms with van der Waals surface area (Å²) in [6.07, 6.45) is 7.92. The lowest BCUT2D eigenvalue weighted by molar-refractivity contribution is 1.25. The predicted molar refractivity (Wildman–Crippen MR) is 69.1 cm³/mol. The van der Waals surface area contributed by atoms with Crippen LogP contribution in [0.25, 0.3) is 22.2 Å². The first-order valence-electron chi connectivity index (χ1n) is 5.20. The Bertz CT molecular complexity index is 570. The zero-order valence-corrected chi connectivity index (χ0v) is 9.47. The highest BCUT2D eigenvalue weighted by Crippen LogP contribution is 2.35. The molecular formula is C14H12S. The van der Waals surface area contributed by atoms with E-state index in [9.17, 15) is 0 Å². The lowest BCUT2D eigenvalue weighted by Gasteiger charge is -1.91. The molecule has 0 unspecified atom stereocenters. The number of hydrogen-bond acceptors (Lipinski definition) is 1. The summed E-state index contributed by atoms with van der Waals surface area (Å²) < 4.78 is 1.39. The maximum atomic E-state index is 2.32. The molecular weight excluding hydrogens is 200 g/mol. The molecule has 0 nitrogen and oxygen atoms in total. The standard InChI is InChI=1S/C14H12S/c1-10-5-4-7-12-11-6-2-3-8-13(11)15-14(12)9-10/h2-4,6-9H,5H2,1H3. The van der Waals surface area contributed by atoms with Crippen molar-refractivity contribution in [2.24, 2.45) is 0 Å². The van der Waals surface area contributed by atoms with Crippen molar-refractivity contribution in [1.29, 1.82) is 0 Å². The Hall–Kier alpha value is -1.34. The van der Waals surface area contributed by atoms with Gasteiger partial charge in [-0.1, -0.05) is 35.9 Å². The van der Waals surface area contributed by atoms with Crippen LogP contribution in [0, 0.1) is 0 Å². The Morgan fingerprint density at radius 2 is 2.07 bits per heavy atom. The lowest BCUT2D eigenvalue weighted by Crippen LogP contribution is -1.70. The second-order valence-electron chi connectivity index (χ2n) is 3.97. The Balaban J connectivity index is 2.38. The van der Waals surface area contributed by atoms with Crippen molar-refractivity contribution in [3.63, 3.8) is 0 Å². The highest BCUT2D eigenvalue weighted by molar-refractivity contribution is 7.20. The zero-order valence-electron chi connectivity index (χ0n) is 8.66. The maximum absolute atomic E-state index is 2.32. The Morgan fingerprint density at radius 3 is 3.00 bits per heavy atom. The van der Waals surface area contributed by atoms with Crippen LogP contribution in [0.5, 0.6) is 0 Å². The van der Waals surface area contributed by atoms with E-state index in [1.54, 1.807) is 0 Å². The minimum Gasteiger partial charge on any atom is -0.135 e. The lowest BCUT2D eigenvalue weighted by atomic mass is 10.1. The van der Waals surface area contributed by atoms with E-state index in [-0.39, 0.29) is 0 Å². The van der Waals surface area contributed by atoms with Crippen molar-refractivity contribution in [2.45, 2.75) is 13.3 Å². The van der Waals surface area contributed by atoms with Gasteiger partial charge in [-0.05, 0) is 31.1 Å².